The van der Waals surface area contributed by atoms with E-state index in [1.54, 1.807) is 21.5 Å². The zero-order valence-electron chi connectivity index (χ0n) is 28.7. The molecule has 0 aliphatic heterocycles. The molecule has 0 aromatic heterocycles. The number of benzene rings is 4. The normalized spacial score (nSPS) is 13.9. The van der Waals surface area contributed by atoms with E-state index in [0.717, 1.165) is 12.8 Å². The number of hydrogen-bond donors (Lipinski definition) is 0. The molecule has 2 aliphatic carbocycles. The molecule has 0 saturated carbocycles. The van der Waals surface area contributed by atoms with E-state index >= 15 is 0 Å². The maximum atomic E-state index is 2.71. The van der Waals surface area contributed by atoms with Crippen molar-refractivity contribution in [3.8, 4) is 22.3 Å². The Morgan fingerprint density at radius 3 is 1.38 bits per heavy atom. The molecule has 4 aromatic carbocycles. The predicted octanol–water partition coefficient (Wildman–Crippen LogP) is 12.7. The van der Waals surface area contributed by atoms with Gasteiger partial charge in [-0.3, -0.25) is 0 Å². The van der Waals surface area contributed by atoms with Gasteiger partial charge in [-0.05, 0) is 108 Å². The zero-order valence-corrected chi connectivity index (χ0v) is 29.7. The molecule has 0 N–H and O–H groups in total. The van der Waals surface area contributed by atoms with Crippen molar-refractivity contribution < 1.29 is 0 Å². The molecule has 0 spiro atoms. The lowest BCUT2D eigenvalue weighted by molar-refractivity contribution is 0.739. The quantitative estimate of drug-likeness (QED) is 0.111. The molecule has 0 radical (unpaired) electrons. The second kappa shape index (κ2) is 13.5. The minimum absolute atomic E-state index is 1.13. The molecule has 0 amide bonds. The molecule has 0 saturated heterocycles. The molecule has 45 heavy (non-hydrogen) atoms. The van der Waals surface area contributed by atoms with E-state index in [0.29, 0.717) is 0 Å². The van der Waals surface area contributed by atoms with Gasteiger partial charge in [0.1, 0.15) is 8.07 Å². The van der Waals surface area contributed by atoms with Crippen LogP contribution in [-0.4, -0.2) is 8.07 Å². The van der Waals surface area contributed by atoms with Crippen LogP contribution in [0.2, 0.25) is 12.1 Å². The second-order valence-electron chi connectivity index (χ2n) is 14.1. The number of hydrogen-bond acceptors (Lipinski definition) is 0. The van der Waals surface area contributed by atoms with Gasteiger partial charge in [-0.2, -0.15) is 0 Å². The highest BCUT2D eigenvalue weighted by Gasteiger charge is 2.43. The molecule has 0 atom stereocenters. The third kappa shape index (κ3) is 6.21. The van der Waals surface area contributed by atoms with Gasteiger partial charge >= 0.3 is 0 Å². The second-order valence-corrected chi connectivity index (χ2v) is 18.5. The van der Waals surface area contributed by atoms with E-state index in [1.165, 1.54) is 106 Å². The van der Waals surface area contributed by atoms with Crippen LogP contribution in [0, 0.1) is 27.7 Å². The Morgan fingerprint density at radius 1 is 0.511 bits per heavy atom. The van der Waals surface area contributed by atoms with Gasteiger partial charge < -0.3 is 0 Å². The zero-order chi connectivity index (χ0) is 31.6. The van der Waals surface area contributed by atoms with Gasteiger partial charge in [0.25, 0.3) is 0 Å². The molecule has 4 aromatic rings. The van der Waals surface area contributed by atoms with Crippen LogP contribution >= 0.6 is 0 Å². The monoisotopic (exact) mass is 608 g/mol. The van der Waals surface area contributed by atoms with Gasteiger partial charge in [0.15, 0.2) is 0 Å². The Labute approximate surface area is 274 Å². The van der Waals surface area contributed by atoms with Crippen LogP contribution in [0.3, 0.4) is 0 Å². The van der Waals surface area contributed by atoms with Crippen molar-refractivity contribution in [3.05, 3.63) is 128 Å². The molecule has 0 unspecified atom stereocenters. The third-order valence-electron chi connectivity index (χ3n) is 10.8. The van der Waals surface area contributed by atoms with Crippen LogP contribution in [-0.2, 0) is 12.8 Å². The van der Waals surface area contributed by atoms with Crippen molar-refractivity contribution in [2.45, 2.75) is 105 Å². The summed E-state index contributed by atoms with van der Waals surface area (Å²) in [6.07, 6.45) is 15.6. The Morgan fingerprint density at radius 2 is 0.956 bits per heavy atom. The van der Waals surface area contributed by atoms with E-state index in [1.807, 2.05) is 0 Å². The highest BCUT2D eigenvalue weighted by atomic mass is 28.3. The number of unbranched alkanes of at least 4 members (excludes halogenated alkanes) is 4. The van der Waals surface area contributed by atoms with Crippen LogP contribution in [0.5, 0.6) is 0 Å². The summed E-state index contributed by atoms with van der Waals surface area (Å²) in [6.45, 7) is 13.7. The first-order chi connectivity index (χ1) is 21.8. The standard InChI is InChI=1S/C44H52Si/c1-7-9-11-23-45(24-12-10-8-2,37-27-35-15-13-17-39(43(35)29-37)41-25-31(3)19-21-33(41)5)38-28-36-16-14-18-40(44(36)30-38)42-26-32(4)20-22-34(42)6/h13-22,25-26,29-30H,7-12,23-24,27-28H2,1-6H3. The molecule has 0 heterocycles. The summed E-state index contributed by atoms with van der Waals surface area (Å²) < 4.78 is 0. The fourth-order valence-corrected chi connectivity index (χ4v) is 13.8. The molecule has 0 nitrogen and oxygen atoms in total. The molecule has 0 fully saturated rings. The summed E-state index contributed by atoms with van der Waals surface area (Å²) in [6, 6.07) is 30.9. The van der Waals surface area contributed by atoms with Crippen LogP contribution in [0.1, 0.15) is 96.9 Å². The smallest absolute Gasteiger partial charge is 0.0709 e. The first-order valence-corrected chi connectivity index (χ1v) is 20.1. The van der Waals surface area contributed by atoms with E-state index in [9.17, 15) is 0 Å². The third-order valence-corrected chi connectivity index (χ3v) is 16.3. The summed E-state index contributed by atoms with van der Waals surface area (Å²) in [5.41, 5.74) is 17.2. The summed E-state index contributed by atoms with van der Waals surface area (Å²) in [5.74, 6) is 0. The fraction of sp³-hybridized carbons (Fsp3) is 0.364. The maximum absolute atomic E-state index is 2.71. The number of aryl methyl sites for hydroxylation is 4. The molecule has 2 aliphatic rings. The van der Waals surface area contributed by atoms with Crippen molar-refractivity contribution in [2.75, 3.05) is 0 Å². The summed E-state index contributed by atoms with van der Waals surface area (Å²) >= 11 is 0. The minimum Gasteiger partial charge on any atom is -0.0709 e. The van der Waals surface area contributed by atoms with Crippen LogP contribution in [0.4, 0.5) is 0 Å². The largest absolute Gasteiger partial charge is 0.109 e. The lowest BCUT2D eigenvalue weighted by Crippen LogP contribution is -2.40. The molecule has 232 valence electrons. The van der Waals surface area contributed by atoms with Crippen LogP contribution in [0.15, 0.2) is 83.2 Å². The number of fused-ring (bicyclic) bond motifs is 2. The molecular weight excluding hydrogens is 557 g/mol. The average Bonchev–Trinajstić information content (AvgIpc) is 3.68. The van der Waals surface area contributed by atoms with Gasteiger partial charge in [-0.15, -0.1) is 0 Å². The lowest BCUT2D eigenvalue weighted by Gasteiger charge is -2.36. The first kappa shape index (κ1) is 31.6. The van der Waals surface area contributed by atoms with E-state index in [-0.39, 0.29) is 0 Å². The first-order valence-electron chi connectivity index (χ1n) is 17.7. The van der Waals surface area contributed by atoms with Gasteiger partial charge in [-0.1, -0.05) is 159 Å². The van der Waals surface area contributed by atoms with E-state index < -0.39 is 8.07 Å². The Kier molecular flexibility index (Phi) is 9.48. The maximum Gasteiger partial charge on any atom is 0.109 e. The summed E-state index contributed by atoms with van der Waals surface area (Å²) in [4.78, 5) is 0. The average molecular weight is 609 g/mol. The van der Waals surface area contributed by atoms with Gasteiger partial charge in [0.2, 0.25) is 0 Å². The number of rotatable bonds is 12. The Hall–Kier alpha value is -3.42. The molecule has 6 rings (SSSR count). The summed E-state index contributed by atoms with van der Waals surface area (Å²) in [7, 11) is -1.97. The Bertz CT molecular complexity index is 1630. The van der Waals surface area contributed by atoms with Crippen molar-refractivity contribution >= 4 is 20.2 Å². The van der Waals surface area contributed by atoms with Crippen molar-refractivity contribution in [1.29, 1.82) is 0 Å². The SMILES string of the molecule is CCCCC[Si](CCCCC)(C1=Cc2c(cccc2-c2cc(C)ccc2C)C1)C1=Cc2c(cccc2-c2cc(C)ccc2C)C1. The van der Waals surface area contributed by atoms with Crippen molar-refractivity contribution in [1.82, 2.24) is 0 Å². The van der Waals surface area contributed by atoms with Crippen LogP contribution in [0.25, 0.3) is 34.4 Å². The predicted molar refractivity (Wildman–Crippen MR) is 200 cm³/mol. The lowest BCUT2D eigenvalue weighted by atomic mass is 9.93. The van der Waals surface area contributed by atoms with Crippen molar-refractivity contribution in [3.63, 3.8) is 0 Å². The number of allylic oxidation sites excluding steroid dienone is 2. The topological polar surface area (TPSA) is 0 Å². The molecule has 0 bridgehead atoms. The molecular formula is C44H52Si. The van der Waals surface area contributed by atoms with Crippen LogP contribution < -0.4 is 0 Å². The van der Waals surface area contributed by atoms with E-state index in [2.05, 4.69) is 126 Å². The fourth-order valence-electron chi connectivity index (χ4n) is 8.20. The summed E-state index contributed by atoms with van der Waals surface area (Å²) in [5, 5.41) is 3.60. The van der Waals surface area contributed by atoms with Gasteiger partial charge in [-0.25, -0.2) is 0 Å². The van der Waals surface area contributed by atoms with E-state index in [4.69, 9.17) is 0 Å². The van der Waals surface area contributed by atoms with Gasteiger partial charge in [0.05, 0.1) is 0 Å². The highest BCUT2D eigenvalue weighted by molar-refractivity contribution is 6.94. The van der Waals surface area contributed by atoms with Gasteiger partial charge in [0, 0.05) is 0 Å². The molecule has 1 heteroatoms. The van der Waals surface area contributed by atoms with Crippen molar-refractivity contribution in [2.24, 2.45) is 0 Å². The Balaban J connectivity index is 1.50. The minimum atomic E-state index is -1.97. The highest BCUT2D eigenvalue weighted by Crippen LogP contribution is 2.48.